The summed E-state index contributed by atoms with van der Waals surface area (Å²) < 4.78 is 68.7. The second kappa shape index (κ2) is 69.4. The average molecular weight is 1440 g/mol. The van der Waals surface area contributed by atoms with Crippen molar-refractivity contribution >= 4 is 39.5 Å². The van der Waals surface area contributed by atoms with Gasteiger partial charge in [0.15, 0.2) is 12.2 Å². The molecule has 0 saturated heterocycles. The zero-order valence-electron chi connectivity index (χ0n) is 64.3. The molecular formula is C79H154O17P2. The quantitative estimate of drug-likeness (QED) is 0.0222. The molecule has 0 spiro atoms. The van der Waals surface area contributed by atoms with Gasteiger partial charge in [-0.2, -0.15) is 0 Å². The largest absolute Gasteiger partial charge is 0.472 e. The summed E-state index contributed by atoms with van der Waals surface area (Å²) in [5.74, 6) is 0.293. The molecule has 0 aromatic carbocycles. The maximum absolute atomic E-state index is 13.1. The molecule has 0 rings (SSSR count). The van der Waals surface area contributed by atoms with Crippen LogP contribution in [0.15, 0.2) is 0 Å². The molecule has 0 aromatic rings. The van der Waals surface area contributed by atoms with Crippen LogP contribution in [0.4, 0.5) is 0 Å². The fraction of sp³-hybridized carbons (Fsp3) is 0.949. The van der Waals surface area contributed by atoms with Crippen molar-refractivity contribution < 1.29 is 80.2 Å². The topological polar surface area (TPSA) is 237 Å². The Morgan fingerprint density at radius 1 is 0.296 bits per heavy atom. The Morgan fingerprint density at radius 3 is 0.776 bits per heavy atom. The normalized spacial score (nSPS) is 14.6. The first-order chi connectivity index (χ1) is 47.3. The molecule has 0 bridgehead atoms. The van der Waals surface area contributed by atoms with Gasteiger partial charge in [-0.25, -0.2) is 9.13 Å². The highest BCUT2D eigenvalue weighted by Crippen LogP contribution is 2.45. The van der Waals surface area contributed by atoms with E-state index in [1.54, 1.807) is 0 Å². The minimum absolute atomic E-state index is 0.105. The lowest BCUT2D eigenvalue weighted by molar-refractivity contribution is -0.161. The highest BCUT2D eigenvalue weighted by Gasteiger charge is 2.30. The van der Waals surface area contributed by atoms with Crippen LogP contribution in [0.25, 0.3) is 0 Å². The smallest absolute Gasteiger partial charge is 0.462 e. The molecule has 7 atom stereocenters. The van der Waals surface area contributed by atoms with Crippen LogP contribution >= 0.6 is 15.6 Å². The summed E-state index contributed by atoms with van der Waals surface area (Å²) in [7, 11) is -9.92. The van der Waals surface area contributed by atoms with Crippen LogP contribution in [0.3, 0.4) is 0 Å². The summed E-state index contributed by atoms with van der Waals surface area (Å²) in [4.78, 5) is 73.0. The van der Waals surface area contributed by atoms with E-state index in [0.29, 0.717) is 25.7 Å². The lowest BCUT2D eigenvalue weighted by Gasteiger charge is -2.21. The van der Waals surface area contributed by atoms with E-state index in [2.05, 4.69) is 48.5 Å². The number of aliphatic hydroxyl groups excluding tert-OH is 1. The summed E-state index contributed by atoms with van der Waals surface area (Å²) in [6, 6.07) is 0. The number of rotatable bonds is 77. The zero-order chi connectivity index (χ0) is 72.3. The van der Waals surface area contributed by atoms with Crippen molar-refractivity contribution in [2.45, 2.75) is 426 Å². The monoisotopic (exact) mass is 1440 g/mol. The Labute approximate surface area is 600 Å². The standard InChI is InChI=1S/C79H154O17P2/c1-8-11-12-13-14-15-16-26-31-39-46-53-60-76(81)90-67-75(96-79(84)63-56-49-42-35-34-38-45-52-59-72(7)10-3)69-94-98(87,88)92-65-73(80)64-91-97(85,86)93-68-74(66-89-77(82)61-54-47-40-32-27-23-19-20-24-29-36-43-50-57-70(4)5)95-78(83)62-55-48-41-33-28-22-18-17-21-25-30-37-44-51-58-71(6)9-2/h70-75,80H,8-69H2,1-7H3,(H,85,86)(H,87,88)/t71?,72?,73-,74-,75-/m1/s1. The number of carbonyl (C=O) groups excluding carboxylic acids is 4. The van der Waals surface area contributed by atoms with Crippen LogP contribution in [0.5, 0.6) is 0 Å². The van der Waals surface area contributed by atoms with E-state index in [4.69, 9.17) is 37.0 Å². The van der Waals surface area contributed by atoms with Gasteiger partial charge in [-0.3, -0.25) is 37.3 Å². The fourth-order valence-corrected chi connectivity index (χ4v) is 13.6. The summed E-state index contributed by atoms with van der Waals surface area (Å²) in [5, 5.41) is 10.6. The first-order valence-corrected chi connectivity index (χ1v) is 43.9. The van der Waals surface area contributed by atoms with Gasteiger partial charge in [0.2, 0.25) is 0 Å². The fourth-order valence-electron chi connectivity index (χ4n) is 12.1. The minimum Gasteiger partial charge on any atom is -0.462 e. The molecule has 0 radical (unpaired) electrons. The molecule has 0 saturated carbocycles. The number of hydrogen-bond acceptors (Lipinski definition) is 15. The molecule has 3 N–H and O–H groups in total. The summed E-state index contributed by atoms with van der Waals surface area (Å²) in [5.41, 5.74) is 0. The number of esters is 4. The van der Waals surface area contributed by atoms with E-state index in [0.717, 1.165) is 108 Å². The number of carbonyl (C=O) groups is 4. The van der Waals surface area contributed by atoms with Gasteiger partial charge in [0.1, 0.15) is 19.3 Å². The van der Waals surface area contributed by atoms with Gasteiger partial charge in [0.05, 0.1) is 26.4 Å². The maximum Gasteiger partial charge on any atom is 0.472 e. The van der Waals surface area contributed by atoms with Gasteiger partial charge in [-0.05, 0) is 43.4 Å². The van der Waals surface area contributed by atoms with Crippen molar-refractivity contribution in [2.24, 2.45) is 17.8 Å². The molecule has 0 aliphatic heterocycles. The van der Waals surface area contributed by atoms with Crippen molar-refractivity contribution in [3.8, 4) is 0 Å². The maximum atomic E-state index is 13.1. The van der Waals surface area contributed by atoms with Gasteiger partial charge in [-0.15, -0.1) is 0 Å². The lowest BCUT2D eigenvalue weighted by atomic mass is 9.99. The molecule has 98 heavy (non-hydrogen) atoms. The minimum atomic E-state index is -4.96. The first-order valence-electron chi connectivity index (χ1n) is 40.9. The lowest BCUT2D eigenvalue weighted by Crippen LogP contribution is -2.30. The molecule has 0 fully saturated rings. The molecule has 0 aromatic heterocycles. The molecule has 17 nitrogen and oxygen atoms in total. The third kappa shape index (κ3) is 69.8. The number of phosphoric ester groups is 2. The number of hydrogen-bond donors (Lipinski definition) is 3. The molecule has 4 unspecified atom stereocenters. The Balaban J connectivity index is 5.26. The van der Waals surface area contributed by atoms with E-state index in [9.17, 15) is 43.2 Å². The van der Waals surface area contributed by atoms with Crippen molar-refractivity contribution in [2.75, 3.05) is 39.6 Å². The Bertz CT molecular complexity index is 1910. The van der Waals surface area contributed by atoms with E-state index in [1.165, 1.54) is 218 Å². The predicted molar refractivity (Wildman–Crippen MR) is 400 cm³/mol. The van der Waals surface area contributed by atoms with E-state index >= 15 is 0 Å². The van der Waals surface area contributed by atoms with Crippen LogP contribution in [-0.4, -0.2) is 96.7 Å². The molecular weight excluding hydrogens is 1280 g/mol. The van der Waals surface area contributed by atoms with Gasteiger partial charge < -0.3 is 33.8 Å². The van der Waals surface area contributed by atoms with Crippen LogP contribution < -0.4 is 0 Å². The van der Waals surface area contributed by atoms with E-state index in [1.807, 2.05) is 0 Å². The van der Waals surface area contributed by atoms with Gasteiger partial charge in [0.25, 0.3) is 0 Å². The van der Waals surface area contributed by atoms with Gasteiger partial charge in [0, 0.05) is 25.7 Å². The van der Waals surface area contributed by atoms with Crippen LogP contribution in [-0.2, 0) is 65.4 Å². The summed E-state index contributed by atoms with van der Waals surface area (Å²) in [6.45, 7) is 12.0. The molecule has 19 heteroatoms. The molecule has 0 heterocycles. The highest BCUT2D eigenvalue weighted by molar-refractivity contribution is 7.47. The Morgan fingerprint density at radius 2 is 0.520 bits per heavy atom. The molecule has 582 valence electrons. The van der Waals surface area contributed by atoms with Crippen LogP contribution in [0.2, 0.25) is 0 Å². The second-order valence-corrected chi connectivity index (χ2v) is 32.3. The predicted octanol–water partition coefficient (Wildman–Crippen LogP) is 23.4. The Kier molecular flexibility index (Phi) is 68.1. The average Bonchev–Trinajstić information content (AvgIpc) is 1.19. The molecule has 0 aliphatic rings. The van der Waals surface area contributed by atoms with E-state index in [-0.39, 0.29) is 25.7 Å². The number of unbranched alkanes of at least 4 members (excludes halogenated alkanes) is 43. The van der Waals surface area contributed by atoms with Crippen LogP contribution in [0.1, 0.15) is 408 Å². The van der Waals surface area contributed by atoms with Crippen LogP contribution in [0, 0.1) is 17.8 Å². The van der Waals surface area contributed by atoms with Gasteiger partial charge >= 0.3 is 39.5 Å². The molecule has 0 aliphatic carbocycles. The molecule has 0 amide bonds. The van der Waals surface area contributed by atoms with Crippen molar-refractivity contribution in [1.82, 2.24) is 0 Å². The van der Waals surface area contributed by atoms with Gasteiger partial charge in [-0.1, -0.05) is 357 Å². The second-order valence-electron chi connectivity index (χ2n) is 29.4. The Hall–Kier alpha value is -1.94. The third-order valence-electron chi connectivity index (χ3n) is 19.1. The number of aliphatic hydroxyl groups is 1. The number of phosphoric acid groups is 2. The SMILES string of the molecule is CCCCCCCCCCCCCCC(=O)OC[C@H](COP(=O)(O)OC[C@H](O)COP(=O)(O)OC[C@@H](COC(=O)CCCCCCCCCCCCCCCC(C)C)OC(=O)CCCCCCCCCCCCCCCCC(C)CC)OC(=O)CCCCCCCCCCC(C)CC. The first kappa shape index (κ1) is 96.1. The highest BCUT2D eigenvalue weighted by atomic mass is 31.2. The zero-order valence-corrected chi connectivity index (χ0v) is 66.0. The summed E-state index contributed by atoms with van der Waals surface area (Å²) >= 11 is 0. The number of ether oxygens (including phenoxy) is 4. The summed E-state index contributed by atoms with van der Waals surface area (Å²) in [6.07, 6.45) is 56.6. The van der Waals surface area contributed by atoms with Crippen molar-refractivity contribution in [3.05, 3.63) is 0 Å². The third-order valence-corrected chi connectivity index (χ3v) is 21.0. The van der Waals surface area contributed by atoms with Crippen molar-refractivity contribution in [3.63, 3.8) is 0 Å². The van der Waals surface area contributed by atoms with Crippen molar-refractivity contribution in [1.29, 1.82) is 0 Å². The van der Waals surface area contributed by atoms with E-state index < -0.39 is 97.5 Å².